The smallest absolute Gasteiger partial charge is 0.221 e. The Morgan fingerprint density at radius 2 is 1.84 bits per heavy atom. The summed E-state index contributed by atoms with van der Waals surface area (Å²) in [5.41, 5.74) is 1.42. The Morgan fingerprint density at radius 3 is 2.64 bits per heavy atom. The van der Waals surface area contributed by atoms with Crippen LogP contribution in [0.4, 0.5) is 5.82 Å². The van der Waals surface area contributed by atoms with Crippen molar-refractivity contribution in [3.63, 3.8) is 0 Å². The van der Waals surface area contributed by atoms with E-state index in [1.54, 1.807) is 0 Å². The Labute approximate surface area is 148 Å². The van der Waals surface area contributed by atoms with Crippen molar-refractivity contribution in [3.8, 4) is 0 Å². The van der Waals surface area contributed by atoms with Crippen LogP contribution < -0.4 is 10.2 Å². The van der Waals surface area contributed by atoms with Crippen LogP contribution in [-0.2, 0) is 26.1 Å². The van der Waals surface area contributed by atoms with Gasteiger partial charge in [-0.25, -0.2) is 18.4 Å². The molecule has 1 saturated carbocycles. The lowest BCUT2D eigenvalue weighted by molar-refractivity contribution is -0.120. The molecule has 1 saturated heterocycles. The molecule has 0 radical (unpaired) electrons. The number of sulfone groups is 1. The van der Waals surface area contributed by atoms with Gasteiger partial charge in [0.1, 0.15) is 11.6 Å². The van der Waals surface area contributed by atoms with Crippen molar-refractivity contribution < 1.29 is 13.2 Å². The van der Waals surface area contributed by atoms with Gasteiger partial charge in [-0.15, -0.1) is 0 Å². The van der Waals surface area contributed by atoms with Crippen LogP contribution in [0.3, 0.4) is 0 Å². The highest BCUT2D eigenvalue weighted by molar-refractivity contribution is 7.90. The van der Waals surface area contributed by atoms with Crippen LogP contribution in [0.15, 0.2) is 0 Å². The molecule has 4 rings (SSSR count). The van der Waals surface area contributed by atoms with Gasteiger partial charge in [-0.05, 0) is 12.8 Å². The molecule has 0 atom stereocenters. The van der Waals surface area contributed by atoms with Crippen LogP contribution in [0.25, 0.3) is 0 Å². The number of anilines is 1. The maximum atomic E-state index is 12.2. The number of carbonyl (C=O) groups excluding carboxylic acids is 1. The van der Waals surface area contributed by atoms with Crippen molar-refractivity contribution >= 4 is 21.6 Å². The highest BCUT2D eigenvalue weighted by atomic mass is 32.2. The molecular weight excluding hydrogens is 340 g/mol. The fourth-order valence-electron chi connectivity index (χ4n) is 4.07. The van der Waals surface area contributed by atoms with Gasteiger partial charge < -0.3 is 10.2 Å². The van der Waals surface area contributed by atoms with Gasteiger partial charge in [-0.3, -0.25) is 4.79 Å². The van der Waals surface area contributed by atoms with Crippen LogP contribution in [0, 0.1) is 0 Å². The van der Waals surface area contributed by atoms with Gasteiger partial charge in [0.2, 0.25) is 5.91 Å². The SMILES string of the molecule is O=C1CCN(c2nc(C3CCCCC3)nc3c2CS(=O)(=O)C3)CCN1. The number of fused-ring (bicyclic) bond motifs is 1. The third-order valence-electron chi connectivity index (χ3n) is 5.39. The first-order valence-electron chi connectivity index (χ1n) is 9.13. The third-order valence-corrected chi connectivity index (χ3v) is 6.83. The summed E-state index contributed by atoms with van der Waals surface area (Å²) in [5, 5.41) is 2.86. The summed E-state index contributed by atoms with van der Waals surface area (Å²) in [5.74, 6) is 1.93. The second-order valence-electron chi connectivity index (χ2n) is 7.28. The van der Waals surface area contributed by atoms with Crippen molar-refractivity contribution in [1.29, 1.82) is 0 Å². The summed E-state index contributed by atoms with van der Waals surface area (Å²) in [6.45, 7) is 1.78. The lowest BCUT2D eigenvalue weighted by Crippen LogP contribution is -2.30. The highest BCUT2D eigenvalue weighted by Gasteiger charge is 2.33. The van der Waals surface area contributed by atoms with Crippen LogP contribution in [-0.4, -0.2) is 43.9 Å². The molecule has 7 nitrogen and oxygen atoms in total. The first-order valence-corrected chi connectivity index (χ1v) is 11.0. The number of nitrogens with zero attached hydrogens (tertiary/aromatic N) is 3. The summed E-state index contributed by atoms with van der Waals surface area (Å²) in [4.78, 5) is 23.2. The Hall–Kier alpha value is -1.70. The monoisotopic (exact) mass is 364 g/mol. The summed E-state index contributed by atoms with van der Waals surface area (Å²) in [7, 11) is -3.15. The molecule has 0 unspecified atom stereocenters. The molecule has 0 spiro atoms. The number of hydrogen-bond acceptors (Lipinski definition) is 6. The van der Waals surface area contributed by atoms with Gasteiger partial charge in [0.15, 0.2) is 9.84 Å². The lowest BCUT2D eigenvalue weighted by atomic mass is 9.88. The van der Waals surface area contributed by atoms with Crippen molar-refractivity contribution in [3.05, 3.63) is 17.1 Å². The van der Waals surface area contributed by atoms with Crippen molar-refractivity contribution in [2.75, 3.05) is 24.5 Å². The van der Waals surface area contributed by atoms with E-state index in [1.165, 1.54) is 19.3 Å². The Morgan fingerprint density at radius 1 is 1.04 bits per heavy atom. The Kier molecular flexibility index (Phi) is 4.39. The van der Waals surface area contributed by atoms with Gasteiger partial charge >= 0.3 is 0 Å². The molecule has 2 aliphatic heterocycles. The van der Waals surface area contributed by atoms with E-state index in [-0.39, 0.29) is 17.4 Å². The molecule has 3 aliphatic rings. The topological polar surface area (TPSA) is 92.3 Å². The quantitative estimate of drug-likeness (QED) is 0.850. The van der Waals surface area contributed by atoms with E-state index in [1.807, 2.05) is 0 Å². The minimum atomic E-state index is -3.15. The molecule has 136 valence electrons. The fourth-order valence-corrected chi connectivity index (χ4v) is 5.56. The van der Waals surface area contributed by atoms with Crippen LogP contribution in [0.1, 0.15) is 61.5 Å². The summed E-state index contributed by atoms with van der Waals surface area (Å²) >= 11 is 0. The standard InChI is InChI=1S/C17H24N4O3S/c22-15-6-8-21(9-7-18-15)17-13-10-25(23,24)11-14(13)19-16(20-17)12-4-2-1-3-5-12/h12H,1-11H2,(H,18,22). The number of hydrogen-bond donors (Lipinski definition) is 1. The van der Waals surface area contributed by atoms with Gasteiger partial charge in [-0.1, -0.05) is 19.3 Å². The zero-order valence-corrected chi connectivity index (χ0v) is 15.1. The van der Waals surface area contributed by atoms with E-state index in [4.69, 9.17) is 4.98 Å². The van der Waals surface area contributed by atoms with Crippen molar-refractivity contribution in [2.24, 2.45) is 0 Å². The molecule has 0 aromatic carbocycles. The minimum absolute atomic E-state index is 0.0144. The fraction of sp³-hybridized carbons (Fsp3) is 0.706. The van der Waals surface area contributed by atoms with Gasteiger partial charge in [0, 0.05) is 37.5 Å². The number of rotatable bonds is 2. The average molecular weight is 364 g/mol. The molecule has 25 heavy (non-hydrogen) atoms. The highest BCUT2D eigenvalue weighted by Crippen LogP contribution is 2.36. The molecule has 1 aromatic rings. The first kappa shape index (κ1) is 16.8. The second kappa shape index (κ2) is 6.55. The van der Waals surface area contributed by atoms with Crippen LogP contribution in [0.5, 0.6) is 0 Å². The minimum Gasteiger partial charge on any atom is -0.354 e. The Bertz CT molecular complexity index is 787. The molecule has 1 amide bonds. The van der Waals surface area contributed by atoms with Gasteiger partial charge in [0.05, 0.1) is 17.2 Å². The lowest BCUT2D eigenvalue weighted by Gasteiger charge is -2.26. The molecule has 2 fully saturated rings. The zero-order chi connectivity index (χ0) is 17.4. The largest absolute Gasteiger partial charge is 0.354 e. The second-order valence-corrected chi connectivity index (χ2v) is 9.35. The third kappa shape index (κ3) is 3.49. The van der Waals surface area contributed by atoms with E-state index in [0.29, 0.717) is 37.7 Å². The predicted octanol–water partition coefficient (Wildman–Crippen LogP) is 1.28. The van der Waals surface area contributed by atoms with Crippen molar-refractivity contribution in [2.45, 2.75) is 55.9 Å². The van der Waals surface area contributed by atoms with Gasteiger partial charge in [-0.2, -0.15) is 0 Å². The summed E-state index contributed by atoms with van der Waals surface area (Å²) < 4.78 is 24.4. The summed E-state index contributed by atoms with van der Waals surface area (Å²) in [6, 6.07) is 0. The molecule has 0 bridgehead atoms. The zero-order valence-electron chi connectivity index (χ0n) is 14.3. The van der Waals surface area contributed by atoms with Crippen LogP contribution >= 0.6 is 0 Å². The van der Waals surface area contributed by atoms with E-state index in [2.05, 4.69) is 15.2 Å². The number of aromatic nitrogens is 2. The predicted molar refractivity (Wildman–Crippen MR) is 94.0 cm³/mol. The van der Waals surface area contributed by atoms with Gasteiger partial charge in [0.25, 0.3) is 0 Å². The number of carbonyl (C=O) groups is 1. The first-order chi connectivity index (χ1) is 12.0. The molecule has 1 aliphatic carbocycles. The summed E-state index contributed by atoms with van der Waals surface area (Å²) in [6.07, 6.45) is 6.17. The maximum Gasteiger partial charge on any atom is 0.221 e. The number of nitrogens with one attached hydrogen (secondary N) is 1. The molecule has 1 N–H and O–H groups in total. The molecule has 8 heteroatoms. The van der Waals surface area contributed by atoms with Crippen LogP contribution in [0.2, 0.25) is 0 Å². The van der Waals surface area contributed by atoms with E-state index in [0.717, 1.165) is 30.0 Å². The van der Waals surface area contributed by atoms with Crippen molar-refractivity contribution in [1.82, 2.24) is 15.3 Å². The average Bonchev–Trinajstić information content (AvgIpc) is 2.75. The van der Waals surface area contributed by atoms with E-state index >= 15 is 0 Å². The van der Waals surface area contributed by atoms with E-state index in [9.17, 15) is 13.2 Å². The molecule has 1 aromatic heterocycles. The van der Waals surface area contributed by atoms with E-state index < -0.39 is 9.84 Å². The molecule has 3 heterocycles. The molecular formula is C17H24N4O3S. The number of amides is 1. The normalized spacial score (nSPS) is 23.8. The Balaban J connectivity index is 1.73. The maximum absolute atomic E-state index is 12.2.